The minimum Gasteiger partial charge on any atom is -0.480 e. The Kier molecular flexibility index (Phi) is 24.0. The molecule has 72 heavy (non-hydrogen) atoms. The summed E-state index contributed by atoms with van der Waals surface area (Å²) in [6, 6.07) is 10.9. The SMILES string of the molecule is O=C(O)CCCNC(=O)N[C@@H](CCCCNC(=O)[C@H](Cc1ccc2ccccc2c1)NC(=O)C1CCC(CNC(=O)CN2CCN3CCN(CC(=O)O)CCN(CC2)CC(=O)[O][68Ga][O]C(=O)C3)CC1)C(=O)O. The zero-order valence-electron chi connectivity index (χ0n) is 40.7. The first-order valence-electron chi connectivity index (χ1n) is 24.7. The molecule has 1 saturated carbocycles. The summed E-state index contributed by atoms with van der Waals surface area (Å²) in [6.45, 7) is 3.71. The number of rotatable bonds is 22. The Morgan fingerprint density at radius 1 is 0.653 bits per heavy atom. The van der Waals surface area contributed by atoms with Gasteiger partial charge in [-0.3, -0.25) is 14.4 Å². The van der Waals surface area contributed by atoms with Crippen molar-refractivity contribution in [2.45, 2.75) is 76.3 Å². The molecular weight excluding hydrogens is 995 g/mol. The van der Waals surface area contributed by atoms with Crippen molar-refractivity contribution < 1.29 is 65.5 Å². The fraction of sp³-hybridized carbons (Fsp3) is 0.604. The first kappa shape index (κ1) is 57.1. The number of urea groups is 1. The van der Waals surface area contributed by atoms with Gasteiger partial charge in [-0.15, -0.1) is 0 Å². The molecule has 1 aliphatic carbocycles. The molecule has 4 atom stereocenters. The van der Waals surface area contributed by atoms with E-state index in [9.17, 15) is 53.4 Å². The molecule has 2 aromatic carbocycles. The van der Waals surface area contributed by atoms with Crippen molar-refractivity contribution in [3.63, 3.8) is 0 Å². The minimum atomic E-state index is -2.03. The molecule has 393 valence electrons. The van der Waals surface area contributed by atoms with E-state index in [0.29, 0.717) is 97.4 Å². The Bertz CT molecular complexity index is 2150. The van der Waals surface area contributed by atoms with Crippen molar-refractivity contribution >= 4 is 82.5 Å². The van der Waals surface area contributed by atoms with Gasteiger partial charge in [0.05, 0.1) is 0 Å². The van der Waals surface area contributed by atoms with Gasteiger partial charge in [-0.1, -0.05) is 42.5 Å². The monoisotopic (exact) mass is 1060 g/mol. The molecule has 0 spiro atoms. The Balaban J connectivity index is 1.11. The average Bonchev–Trinajstić information content (AvgIpc) is 3.34. The number of aliphatic carboxylic acids is 3. The number of carbonyl (C=O) groups excluding carboxylic acids is 6. The van der Waals surface area contributed by atoms with E-state index in [1.807, 2.05) is 57.2 Å². The summed E-state index contributed by atoms with van der Waals surface area (Å²) in [4.78, 5) is 120. The molecule has 3 fully saturated rings. The van der Waals surface area contributed by atoms with Crippen LogP contribution in [0.25, 0.3) is 10.8 Å². The van der Waals surface area contributed by atoms with Gasteiger partial charge in [-0.05, 0) is 67.7 Å². The molecule has 24 heteroatoms. The molecule has 2 unspecified atom stereocenters. The number of fused-ring (bicyclic) bond motifs is 7. The van der Waals surface area contributed by atoms with Gasteiger partial charge in [-0.2, -0.15) is 0 Å². The van der Waals surface area contributed by atoms with Gasteiger partial charge in [0.2, 0.25) is 11.8 Å². The molecule has 1 radical (unpaired) electrons. The van der Waals surface area contributed by atoms with Crippen molar-refractivity contribution in [3.05, 3.63) is 48.0 Å². The van der Waals surface area contributed by atoms with Gasteiger partial charge in [0.15, 0.2) is 0 Å². The van der Waals surface area contributed by atoms with E-state index in [0.717, 1.165) is 16.3 Å². The molecule has 5 rings (SSSR count). The molecule has 2 saturated heterocycles. The Morgan fingerprint density at radius 3 is 1.88 bits per heavy atom. The predicted molar refractivity (Wildman–Crippen MR) is 261 cm³/mol. The molecule has 2 aromatic rings. The second-order valence-electron chi connectivity index (χ2n) is 18.6. The van der Waals surface area contributed by atoms with Gasteiger partial charge < -0.3 is 31.5 Å². The van der Waals surface area contributed by atoms with Gasteiger partial charge >= 0.3 is 207 Å². The number of nitrogens with zero attached hydrogens (tertiary/aromatic N) is 4. The van der Waals surface area contributed by atoms with Crippen LogP contribution in [0.4, 0.5) is 4.79 Å². The fourth-order valence-corrected chi connectivity index (χ4v) is 9.80. The first-order chi connectivity index (χ1) is 34.6. The van der Waals surface area contributed by atoms with Crippen molar-refractivity contribution in [1.82, 2.24) is 46.2 Å². The summed E-state index contributed by atoms with van der Waals surface area (Å²) < 4.78 is 10.6. The number of carboxylic acids is 3. The van der Waals surface area contributed by atoms with Gasteiger partial charge in [0.1, 0.15) is 12.1 Å². The third kappa shape index (κ3) is 21.1. The van der Waals surface area contributed by atoms with Crippen LogP contribution in [-0.4, -0.2) is 217 Å². The molecule has 2 bridgehead atoms. The fourth-order valence-electron chi connectivity index (χ4n) is 8.94. The number of hydrogen-bond donors (Lipinski definition) is 8. The Hall–Kier alpha value is -5.79. The second kappa shape index (κ2) is 30.3. The van der Waals surface area contributed by atoms with E-state index in [4.69, 9.17) is 12.2 Å². The number of carboxylic acid groups (broad SMARTS) is 3. The van der Waals surface area contributed by atoms with Crippen LogP contribution in [0.5, 0.6) is 0 Å². The summed E-state index contributed by atoms with van der Waals surface area (Å²) >= 11 is -2.03. The molecule has 2 aliphatic heterocycles. The van der Waals surface area contributed by atoms with Crippen LogP contribution in [0.15, 0.2) is 42.5 Å². The van der Waals surface area contributed by atoms with Crippen LogP contribution in [0.1, 0.15) is 63.4 Å². The van der Waals surface area contributed by atoms with Crippen LogP contribution in [0.2, 0.25) is 0 Å². The largest absolute Gasteiger partial charge is 0.480 e. The Labute approximate surface area is 427 Å². The molecule has 2 heterocycles. The summed E-state index contributed by atoms with van der Waals surface area (Å²) in [5, 5.41) is 43.7. The molecule has 3 aliphatic rings. The number of unbranched alkanes of at least 4 members (excludes halogenated alkanes) is 1. The van der Waals surface area contributed by atoms with Crippen LogP contribution in [-0.2, 0) is 51.8 Å². The van der Waals surface area contributed by atoms with Gasteiger partial charge in [0, 0.05) is 31.8 Å². The number of benzene rings is 2. The molecule has 0 aromatic heterocycles. The third-order valence-electron chi connectivity index (χ3n) is 13.1. The summed E-state index contributed by atoms with van der Waals surface area (Å²) in [6.07, 6.45) is 3.63. The first-order valence-corrected chi connectivity index (χ1v) is 26.7. The van der Waals surface area contributed by atoms with E-state index in [1.54, 1.807) is 4.90 Å². The number of nitrogens with one attached hydrogen (secondary N) is 5. The summed E-state index contributed by atoms with van der Waals surface area (Å²) in [5.74, 6) is -5.28. The van der Waals surface area contributed by atoms with E-state index >= 15 is 0 Å². The maximum Gasteiger partial charge on any atom is 0.326 e. The van der Waals surface area contributed by atoms with Crippen LogP contribution in [0.3, 0.4) is 0 Å². The Morgan fingerprint density at radius 2 is 1.26 bits per heavy atom. The minimum absolute atomic E-state index is 0.0650. The summed E-state index contributed by atoms with van der Waals surface area (Å²) in [5.41, 5.74) is 0.855. The van der Waals surface area contributed by atoms with E-state index in [2.05, 4.69) is 26.6 Å². The molecule has 5 amide bonds. The van der Waals surface area contributed by atoms with E-state index < -0.39 is 66.1 Å². The van der Waals surface area contributed by atoms with E-state index in [1.165, 1.54) is 0 Å². The molecule has 8 N–H and O–H groups in total. The van der Waals surface area contributed by atoms with E-state index in [-0.39, 0.29) is 94.5 Å². The van der Waals surface area contributed by atoms with Crippen molar-refractivity contribution in [2.75, 3.05) is 98.2 Å². The number of hydrogen-bond acceptors (Lipinski definition) is 15. The molecular formula is C48H69GaN9O14. The maximum absolute atomic E-state index is 13.8. The standard InChI is InChI=1S/C48H71N9O14.Ga/c58-40(29-54-18-20-55(30-42(61)62)22-24-57(32-44(65)66)25-23-56(21-19-54)31-43(63)64)51-28-33-10-14-36(15-11-33)45(67)52-39(27-34-12-13-35-6-1-2-7-37(35)26-34)46(68)49-16-4-3-8-38(47(69)70)53-48(71)50-17-5-9-41(59)60;/h1-2,6-7,12-13,26,33,36,38-39H,3-5,8-11,14-25,27-32H2,(H,49,68)(H,51,58)(H,52,67)(H,59,60)(H,61,62)(H,63,64)(H,65,66)(H,69,70)(H2,50,53,71);/q;+2/p-2/t33?,36?,38-,39-;/m0./s1/i;1-2. The van der Waals surface area contributed by atoms with Crippen LogP contribution in [0, 0.1) is 11.8 Å². The van der Waals surface area contributed by atoms with Crippen LogP contribution >= 0.6 is 0 Å². The topological polar surface area (TPSA) is 306 Å². The predicted octanol–water partition coefficient (Wildman–Crippen LogP) is -0.366. The zero-order valence-corrected chi connectivity index (χ0v) is 43.1. The maximum atomic E-state index is 13.8. The van der Waals surface area contributed by atoms with Crippen LogP contribution < -0.4 is 26.6 Å². The van der Waals surface area contributed by atoms with Crippen molar-refractivity contribution in [1.29, 1.82) is 0 Å². The smallest absolute Gasteiger partial charge is 0.326 e. The zero-order chi connectivity index (χ0) is 51.8. The quantitative estimate of drug-likeness (QED) is 0.0424. The van der Waals surface area contributed by atoms with Gasteiger partial charge in [0.25, 0.3) is 0 Å². The normalized spacial score (nSPS) is 21.3. The average molecular weight is 1060 g/mol. The number of amides is 5. The third-order valence-corrected chi connectivity index (χ3v) is 14.6. The number of carbonyl (C=O) groups is 9. The summed E-state index contributed by atoms with van der Waals surface area (Å²) in [7, 11) is 0. The van der Waals surface area contributed by atoms with Crippen molar-refractivity contribution in [2.24, 2.45) is 11.8 Å². The second-order valence-corrected chi connectivity index (χ2v) is 20.0. The molecule has 23 nitrogen and oxygen atoms in total. The van der Waals surface area contributed by atoms with Crippen molar-refractivity contribution in [3.8, 4) is 0 Å². The van der Waals surface area contributed by atoms with Gasteiger partial charge in [-0.25, -0.2) is 9.59 Å².